The van der Waals surface area contributed by atoms with Crippen molar-refractivity contribution in [2.75, 3.05) is 16.8 Å². The molecule has 0 saturated carbocycles. The Hall–Kier alpha value is -2.37. The van der Waals surface area contributed by atoms with Crippen molar-refractivity contribution in [2.24, 2.45) is 5.41 Å². The Kier molecular flexibility index (Phi) is 5.82. The van der Waals surface area contributed by atoms with Crippen LogP contribution in [0.4, 0.5) is 11.4 Å². The Morgan fingerprint density at radius 2 is 1.96 bits per heavy atom. The zero-order chi connectivity index (χ0) is 18.6. The van der Waals surface area contributed by atoms with Crippen molar-refractivity contribution in [3.05, 3.63) is 23.8 Å². The fourth-order valence-corrected chi connectivity index (χ4v) is 3.33. The van der Waals surface area contributed by atoms with Crippen LogP contribution < -0.4 is 10.2 Å². The van der Waals surface area contributed by atoms with Crippen molar-refractivity contribution in [1.82, 2.24) is 0 Å². The molecule has 136 valence electrons. The van der Waals surface area contributed by atoms with Crippen LogP contribution >= 0.6 is 0 Å². The van der Waals surface area contributed by atoms with Crippen LogP contribution in [-0.2, 0) is 14.4 Å². The molecule has 0 aromatic heterocycles. The molecule has 0 spiro atoms. The van der Waals surface area contributed by atoms with Gasteiger partial charge in [0.05, 0.1) is 5.41 Å². The summed E-state index contributed by atoms with van der Waals surface area (Å²) in [4.78, 5) is 37.5. The lowest BCUT2D eigenvalue weighted by Crippen LogP contribution is -2.34. The van der Waals surface area contributed by atoms with Crippen LogP contribution in [0.15, 0.2) is 18.2 Å². The molecular weight excluding hydrogens is 320 g/mol. The fourth-order valence-electron chi connectivity index (χ4n) is 3.33. The van der Waals surface area contributed by atoms with Crippen LogP contribution in [0.3, 0.4) is 0 Å². The molecule has 1 heterocycles. The molecule has 0 unspecified atom stereocenters. The molecule has 1 aromatic rings. The van der Waals surface area contributed by atoms with Gasteiger partial charge in [0.1, 0.15) is 0 Å². The second-order valence-corrected chi connectivity index (χ2v) is 6.67. The van der Waals surface area contributed by atoms with Gasteiger partial charge in [0.25, 0.3) is 0 Å². The van der Waals surface area contributed by atoms with E-state index in [9.17, 15) is 19.5 Å². The van der Waals surface area contributed by atoms with Crippen LogP contribution in [0.5, 0.6) is 0 Å². The van der Waals surface area contributed by atoms with Gasteiger partial charge in [-0.2, -0.15) is 0 Å². The van der Waals surface area contributed by atoms with Crippen LogP contribution in [0.25, 0.3) is 0 Å². The van der Waals surface area contributed by atoms with Crippen LogP contribution in [0.1, 0.15) is 51.5 Å². The normalized spacial score (nSPS) is 14.7. The molecule has 1 saturated heterocycles. The minimum atomic E-state index is -1.03. The van der Waals surface area contributed by atoms with Crippen molar-refractivity contribution >= 4 is 29.2 Å². The molecule has 6 nitrogen and oxygen atoms in total. The third-order valence-corrected chi connectivity index (χ3v) is 5.15. The minimum Gasteiger partial charge on any atom is -0.481 e. The number of hydrogen-bond donors (Lipinski definition) is 2. The Bertz CT molecular complexity index is 680. The topological polar surface area (TPSA) is 86.7 Å². The molecule has 25 heavy (non-hydrogen) atoms. The Labute approximate surface area is 148 Å². The first kappa shape index (κ1) is 19.0. The van der Waals surface area contributed by atoms with Crippen molar-refractivity contribution in [2.45, 2.75) is 52.9 Å². The van der Waals surface area contributed by atoms with Crippen molar-refractivity contribution < 1.29 is 19.5 Å². The molecule has 6 heteroatoms. The highest BCUT2D eigenvalue weighted by Crippen LogP contribution is 2.32. The van der Waals surface area contributed by atoms with Gasteiger partial charge >= 0.3 is 5.97 Å². The van der Waals surface area contributed by atoms with Gasteiger partial charge in [-0.05, 0) is 49.9 Å². The molecule has 2 rings (SSSR count). The van der Waals surface area contributed by atoms with Crippen LogP contribution in [0, 0.1) is 12.3 Å². The van der Waals surface area contributed by atoms with Gasteiger partial charge in [-0.3, -0.25) is 14.4 Å². The first-order chi connectivity index (χ1) is 11.8. The molecule has 0 radical (unpaired) electrons. The summed E-state index contributed by atoms with van der Waals surface area (Å²) < 4.78 is 0. The van der Waals surface area contributed by atoms with E-state index in [-0.39, 0.29) is 18.2 Å². The second-order valence-electron chi connectivity index (χ2n) is 6.67. The molecule has 2 amide bonds. The number of amides is 2. The highest BCUT2D eigenvalue weighted by molar-refractivity contribution is 5.97. The highest BCUT2D eigenvalue weighted by Gasteiger charge is 2.37. The number of benzene rings is 1. The summed E-state index contributed by atoms with van der Waals surface area (Å²) in [6.45, 7) is 6.20. The number of anilines is 2. The average molecular weight is 346 g/mol. The predicted octanol–water partition coefficient (Wildman–Crippen LogP) is 3.34. The fraction of sp³-hybridized carbons (Fsp3) is 0.526. The number of nitrogens with one attached hydrogen (secondary N) is 1. The van der Waals surface area contributed by atoms with E-state index < -0.39 is 11.4 Å². The minimum absolute atomic E-state index is 0.0548. The Balaban J connectivity index is 2.10. The number of carbonyl (C=O) groups is 3. The van der Waals surface area contributed by atoms with Gasteiger partial charge in [-0.25, -0.2) is 0 Å². The molecule has 2 N–H and O–H groups in total. The predicted molar refractivity (Wildman–Crippen MR) is 96.7 cm³/mol. The van der Waals surface area contributed by atoms with Gasteiger partial charge in [0, 0.05) is 30.8 Å². The van der Waals surface area contributed by atoms with Crippen molar-refractivity contribution in [3.8, 4) is 0 Å². The largest absolute Gasteiger partial charge is 0.481 e. The van der Waals surface area contributed by atoms with Crippen molar-refractivity contribution in [3.63, 3.8) is 0 Å². The molecule has 0 aliphatic carbocycles. The second kappa shape index (κ2) is 7.68. The molecular formula is C19H26N2O4. The lowest BCUT2D eigenvalue weighted by Gasteiger charge is -2.26. The molecule has 0 atom stereocenters. The van der Waals surface area contributed by atoms with E-state index in [0.29, 0.717) is 24.9 Å². The van der Waals surface area contributed by atoms with E-state index in [1.54, 1.807) is 24.8 Å². The monoisotopic (exact) mass is 346 g/mol. The zero-order valence-electron chi connectivity index (χ0n) is 15.1. The third kappa shape index (κ3) is 4.00. The number of aliphatic carboxylic acids is 1. The van der Waals surface area contributed by atoms with Crippen molar-refractivity contribution in [1.29, 1.82) is 0 Å². The van der Waals surface area contributed by atoms with Gasteiger partial charge < -0.3 is 15.3 Å². The summed E-state index contributed by atoms with van der Waals surface area (Å²) in [6, 6.07) is 5.41. The molecule has 1 aliphatic heterocycles. The molecule has 0 bridgehead atoms. The number of carbonyl (C=O) groups excluding carboxylic acids is 2. The van der Waals surface area contributed by atoms with E-state index in [4.69, 9.17) is 0 Å². The van der Waals surface area contributed by atoms with E-state index >= 15 is 0 Å². The number of hydrogen-bond acceptors (Lipinski definition) is 3. The number of nitrogens with zero attached hydrogens (tertiary/aromatic N) is 1. The smallest absolute Gasteiger partial charge is 0.310 e. The number of rotatable bonds is 7. The van der Waals surface area contributed by atoms with E-state index in [1.807, 2.05) is 19.1 Å². The van der Waals surface area contributed by atoms with E-state index in [0.717, 1.165) is 24.2 Å². The number of carboxylic acid groups (broad SMARTS) is 1. The standard InChI is InChI=1S/C19H26N2O4/c1-4-19(5-2,18(24)25)12-16(22)20-14-8-9-15(13(3)11-14)21-10-6-7-17(21)23/h8-9,11H,4-7,10,12H2,1-3H3,(H,20,22)(H,24,25). The van der Waals surface area contributed by atoms with Crippen LogP contribution in [0.2, 0.25) is 0 Å². The highest BCUT2D eigenvalue weighted by atomic mass is 16.4. The first-order valence-corrected chi connectivity index (χ1v) is 8.77. The Morgan fingerprint density at radius 1 is 1.28 bits per heavy atom. The van der Waals surface area contributed by atoms with E-state index in [1.165, 1.54) is 0 Å². The third-order valence-electron chi connectivity index (χ3n) is 5.15. The summed E-state index contributed by atoms with van der Waals surface area (Å²) in [7, 11) is 0. The summed E-state index contributed by atoms with van der Waals surface area (Å²) in [6.07, 6.45) is 2.19. The first-order valence-electron chi connectivity index (χ1n) is 8.77. The Morgan fingerprint density at radius 3 is 2.44 bits per heavy atom. The summed E-state index contributed by atoms with van der Waals surface area (Å²) in [5.74, 6) is -1.13. The number of carboxylic acids is 1. The molecule has 1 aliphatic rings. The zero-order valence-corrected chi connectivity index (χ0v) is 15.1. The van der Waals surface area contributed by atoms with Gasteiger partial charge in [0.15, 0.2) is 0 Å². The van der Waals surface area contributed by atoms with Gasteiger partial charge in [0.2, 0.25) is 11.8 Å². The maximum atomic E-state index is 12.3. The maximum absolute atomic E-state index is 12.3. The average Bonchev–Trinajstić information content (AvgIpc) is 2.98. The summed E-state index contributed by atoms with van der Waals surface area (Å²) in [5, 5.41) is 12.2. The molecule has 1 aromatic carbocycles. The summed E-state index contributed by atoms with van der Waals surface area (Å²) in [5.41, 5.74) is 1.36. The lowest BCUT2D eigenvalue weighted by molar-refractivity contribution is -0.151. The van der Waals surface area contributed by atoms with E-state index in [2.05, 4.69) is 5.32 Å². The SMILES string of the molecule is CCC(CC)(CC(=O)Nc1ccc(N2CCCC2=O)c(C)c1)C(=O)O. The van der Waals surface area contributed by atoms with Crippen LogP contribution in [-0.4, -0.2) is 29.4 Å². The molecule has 1 fully saturated rings. The van der Waals surface area contributed by atoms with Gasteiger partial charge in [-0.1, -0.05) is 13.8 Å². The lowest BCUT2D eigenvalue weighted by atomic mass is 9.79. The number of aryl methyl sites for hydroxylation is 1. The maximum Gasteiger partial charge on any atom is 0.310 e. The summed E-state index contributed by atoms with van der Waals surface area (Å²) >= 11 is 0. The quantitative estimate of drug-likeness (QED) is 0.793. The van der Waals surface area contributed by atoms with Gasteiger partial charge in [-0.15, -0.1) is 0 Å².